The summed E-state index contributed by atoms with van der Waals surface area (Å²) < 4.78 is 22.2. The number of esters is 1. The smallest absolute Gasteiger partial charge is 0.412 e. The third-order valence-corrected chi connectivity index (χ3v) is 8.08. The molecular weight excluding hydrogens is 682 g/mol. The third-order valence-electron chi connectivity index (χ3n) is 8.08. The number of carbonyl (C=O) groups excluding carboxylic acids is 4. The fraction of sp³-hybridized carbons (Fsp3) is 0.154. The fourth-order valence-electron chi connectivity index (χ4n) is 5.46. The average molecular weight is 716 g/mol. The van der Waals surface area contributed by atoms with Crippen molar-refractivity contribution in [1.82, 2.24) is 19.9 Å². The van der Waals surface area contributed by atoms with Gasteiger partial charge in [-0.2, -0.15) is 0 Å². The molecule has 2 aromatic heterocycles. The first kappa shape index (κ1) is 35.7. The second-order valence-electron chi connectivity index (χ2n) is 11.7. The van der Waals surface area contributed by atoms with Gasteiger partial charge in [0.2, 0.25) is 11.7 Å². The van der Waals surface area contributed by atoms with Crippen molar-refractivity contribution in [3.63, 3.8) is 0 Å². The lowest BCUT2D eigenvalue weighted by Gasteiger charge is -2.19. The Hall–Kier alpha value is -7.09. The van der Waals surface area contributed by atoms with E-state index in [9.17, 15) is 24.0 Å². The number of benzene rings is 4. The Kier molecular flexibility index (Phi) is 11.0. The van der Waals surface area contributed by atoms with Crippen LogP contribution in [0.25, 0.3) is 22.5 Å². The van der Waals surface area contributed by atoms with Crippen molar-refractivity contribution < 1.29 is 37.8 Å². The third kappa shape index (κ3) is 8.63. The molecule has 1 unspecified atom stereocenters. The SMILES string of the molecule is COC(=O)c1ccc2oc(C(=O)C(Cc3ccccc3)NC(=O)Cn3c(-c4cccc(OC)c4)ncc(NC(=O)OCc4ccccc4)c3=O)nc2c1. The molecule has 268 valence electrons. The number of aromatic nitrogens is 3. The lowest BCUT2D eigenvalue weighted by Crippen LogP contribution is -2.45. The minimum absolute atomic E-state index is 0.0397. The van der Waals surface area contributed by atoms with Crippen molar-refractivity contribution >= 4 is 40.5 Å². The summed E-state index contributed by atoms with van der Waals surface area (Å²) in [6.07, 6.45) is 0.335. The summed E-state index contributed by atoms with van der Waals surface area (Å²) in [4.78, 5) is 75.1. The van der Waals surface area contributed by atoms with Crippen molar-refractivity contribution in [1.29, 1.82) is 0 Å². The Morgan fingerprint density at radius 1 is 0.868 bits per heavy atom. The lowest BCUT2D eigenvalue weighted by atomic mass is 10.0. The molecule has 2 heterocycles. The van der Waals surface area contributed by atoms with Crippen LogP contribution in [0.15, 0.2) is 119 Å². The molecule has 0 radical (unpaired) electrons. The average Bonchev–Trinajstić information content (AvgIpc) is 3.62. The van der Waals surface area contributed by atoms with Crippen molar-refractivity contribution in [3.8, 4) is 17.1 Å². The monoisotopic (exact) mass is 715 g/mol. The van der Waals surface area contributed by atoms with Gasteiger partial charge < -0.3 is 23.9 Å². The molecule has 0 fully saturated rings. The highest BCUT2D eigenvalue weighted by Gasteiger charge is 2.28. The van der Waals surface area contributed by atoms with E-state index in [1.54, 1.807) is 72.8 Å². The maximum atomic E-state index is 13.9. The van der Waals surface area contributed by atoms with Crippen LogP contribution in [0.1, 0.15) is 32.2 Å². The summed E-state index contributed by atoms with van der Waals surface area (Å²) in [5, 5.41) is 5.15. The summed E-state index contributed by atoms with van der Waals surface area (Å²) >= 11 is 0. The molecule has 6 aromatic rings. The van der Waals surface area contributed by atoms with Gasteiger partial charge in [-0.1, -0.05) is 72.8 Å². The fourth-order valence-corrected chi connectivity index (χ4v) is 5.46. The predicted molar refractivity (Wildman–Crippen MR) is 192 cm³/mol. The predicted octanol–water partition coefficient (Wildman–Crippen LogP) is 5.21. The van der Waals surface area contributed by atoms with Gasteiger partial charge in [-0.05, 0) is 41.5 Å². The van der Waals surface area contributed by atoms with E-state index in [-0.39, 0.29) is 47.1 Å². The minimum Gasteiger partial charge on any atom is -0.497 e. The van der Waals surface area contributed by atoms with Gasteiger partial charge in [0.1, 0.15) is 42.0 Å². The zero-order chi connectivity index (χ0) is 37.3. The Labute approximate surface area is 302 Å². The number of oxazole rings is 1. The first-order valence-electron chi connectivity index (χ1n) is 16.3. The molecule has 53 heavy (non-hydrogen) atoms. The molecule has 0 aliphatic heterocycles. The van der Waals surface area contributed by atoms with Crippen molar-refractivity contribution in [2.24, 2.45) is 0 Å². The first-order chi connectivity index (χ1) is 25.7. The van der Waals surface area contributed by atoms with Gasteiger partial charge in [-0.15, -0.1) is 0 Å². The summed E-state index contributed by atoms with van der Waals surface area (Å²) in [6.45, 7) is -0.635. The van der Waals surface area contributed by atoms with Crippen LogP contribution in [0.3, 0.4) is 0 Å². The number of ketones is 1. The first-order valence-corrected chi connectivity index (χ1v) is 16.3. The number of hydrogen-bond acceptors (Lipinski definition) is 11. The number of ether oxygens (including phenoxy) is 3. The van der Waals surface area contributed by atoms with E-state index in [1.165, 1.54) is 38.6 Å². The van der Waals surface area contributed by atoms with Crippen molar-refractivity contribution in [2.45, 2.75) is 25.6 Å². The molecule has 0 aliphatic rings. The van der Waals surface area contributed by atoms with Gasteiger partial charge in [-0.25, -0.2) is 19.6 Å². The molecule has 4 aromatic carbocycles. The van der Waals surface area contributed by atoms with Gasteiger partial charge in [0.25, 0.3) is 11.4 Å². The molecule has 0 spiro atoms. The second kappa shape index (κ2) is 16.3. The largest absolute Gasteiger partial charge is 0.497 e. The Morgan fingerprint density at radius 2 is 1.60 bits per heavy atom. The normalized spacial score (nSPS) is 11.4. The van der Waals surface area contributed by atoms with E-state index < -0.39 is 41.9 Å². The molecule has 14 nitrogen and oxygen atoms in total. The van der Waals surface area contributed by atoms with E-state index in [0.717, 1.165) is 15.7 Å². The lowest BCUT2D eigenvalue weighted by molar-refractivity contribution is -0.122. The van der Waals surface area contributed by atoms with Crippen LogP contribution in [-0.4, -0.2) is 58.5 Å². The van der Waals surface area contributed by atoms with Gasteiger partial charge in [0, 0.05) is 12.0 Å². The van der Waals surface area contributed by atoms with Crippen molar-refractivity contribution in [3.05, 3.63) is 142 Å². The summed E-state index contributed by atoms with van der Waals surface area (Å²) in [5.74, 6) is -1.67. The molecule has 0 aliphatic carbocycles. The maximum absolute atomic E-state index is 13.9. The number of nitrogens with zero attached hydrogens (tertiary/aromatic N) is 3. The Morgan fingerprint density at radius 3 is 2.32 bits per heavy atom. The number of Topliss-reactive ketones (excluding diaryl/α,β-unsaturated/α-hetero) is 1. The summed E-state index contributed by atoms with van der Waals surface area (Å²) in [5.41, 5.74) is 1.63. The maximum Gasteiger partial charge on any atom is 0.412 e. The summed E-state index contributed by atoms with van der Waals surface area (Å²) in [7, 11) is 2.73. The van der Waals surface area contributed by atoms with Crippen LogP contribution in [-0.2, 0) is 33.8 Å². The number of nitrogens with one attached hydrogen (secondary N) is 2. The van der Waals surface area contributed by atoms with E-state index >= 15 is 0 Å². The van der Waals surface area contributed by atoms with Gasteiger partial charge in [0.15, 0.2) is 5.58 Å². The molecule has 0 saturated heterocycles. The number of carbonyl (C=O) groups is 4. The van der Waals surface area contributed by atoms with Crippen LogP contribution in [0, 0.1) is 0 Å². The molecule has 1 atom stereocenters. The minimum atomic E-state index is -1.18. The van der Waals surface area contributed by atoms with Crippen molar-refractivity contribution in [2.75, 3.05) is 19.5 Å². The van der Waals surface area contributed by atoms with Crippen LogP contribution in [0.4, 0.5) is 10.5 Å². The molecule has 0 saturated carbocycles. The zero-order valence-corrected chi connectivity index (χ0v) is 28.6. The number of hydrogen-bond donors (Lipinski definition) is 2. The number of anilines is 1. The second-order valence-corrected chi connectivity index (χ2v) is 11.7. The number of rotatable bonds is 13. The molecule has 6 rings (SSSR count). The highest BCUT2D eigenvalue weighted by molar-refractivity contribution is 6.01. The number of amides is 2. The highest BCUT2D eigenvalue weighted by Crippen LogP contribution is 2.23. The van der Waals surface area contributed by atoms with E-state index in [4.69, 9.17) is 18.6 Å². The quantitative estimate of drug-likeness (QED) is 0.118. The molecule has 0 bridgehead atoms. The van der Waals surface area contributed by atoms with Gasteiger partial charge in [0.05, 0.1) is 26.0 Å². The highest BCUT2D eigenvalue weighted by atomic mass is 16.5. The molecule has 2 N–H and O–H groups in total. The Bertz CT molecular complexity index is 2340. The standard InChI is InChI=1S/C39H33N5O9/c1-50-28-15-9-14-26(19-28)35-40-21-31(43-39(49)52-23-25-12-7-4-8-13-25)37(47)44(35)22-33(45)41-30(18-24-10-5-3-6-11-24)34(46)36-42-29-20-27(38(48)51-2)16-17-32(29)53-36/h3-17,19-21,30H,18,22-23H2,1-2H3,(H,41,45)(H,43,49). The van der Waals surface area contributed by atoms with E-state index in [0.29, 0.717) is 11.3 Å². The van der Waals surface area contributed by atoms with E-state index in [1.807, 2.05) is 12.1 Å². The van der Waals surface area contributed by atoms with E-state index in [2.05, 4.69) is 20.6 Å². The topological polar surface area (TPSA) is 181 Å². The van der Waals surface area contributed by atoms with Gasteiger partial charge in [-0.3, -0.25) is 24.3 Å². The van der Waals surface area contributed by atoms with Crippen LogP contribution in [0.2, 0.25) is 0 Å². The van der Waals surface area contributed by atoms with Crippen LogP contribution >= 0.6 is 0 Å². The molecule has 2 amide bonds. The summed E-state index contributed by atoms with van der Waals surface area (Å²) in [6, 6.07) is 27.9. The van der Waals surface area contributed by atoms with Crippen LogP contribution < -0.4 is 20.9 Å². The van der Waals surface area contributed by atoms with Gasteiger partial charge >= 0.3 is 12.1 Å². The molecule has 14 heteroatoms. The van der Waals surface area contributed by atoms with Crippen LogP contribution in [0.5, 0.6) is 5.75 Å². The Balaban J connectivity index is 1.29. The molecular formula is C39H33N5O9. The number of fused-ring (bicyclic) bond motifs is 1. The number of methoxy groups -OCH3 is 2. The zero-order valence-electron chi connectivity index (χ0n) is 28.6.